The molecule has 6 nitrogen and oxygen atoms in total. The molecule has 17 heavy (non-hydrogen) atoms. The molecule has 0 radical (unpaired) electrons. The van der Waals surface area contributed by atoms with E-state index in [1.807, 2.05) is 6.92 Å². The highest BCUT2D eigenvalue weighted by Gasteiger charge is 2.48. The van der Waals surface area contributed by atoms with Crippen molar-refractivity contribution in [1.29, 1.82) is 0 Å². The van der Waals surface area contributed by atoms with E-state index in [2.05, 4.69) is 5.32 Å². The number of nitrogens with two attached hydrogens (primary N) is 1. The zero-order chi connectivity index (χ0) is 12.6. The fourth-order valence-electron chi connectivity index (χ4n) is 2.30. The first kappa shape index (κ1) is 12.3. The van der Waals surface area contributed by atoms with Crippen LogP contribution in [-0.2, 0) is 14.3 Å². The molecule has 2 saturated heterocycles. The molecule has 3 unspecified atom stereocenters. The first-order valence-electron chi connectivity index (χ1n) is 5.89. The van der Waals surface area contributed by atoms with Crippen LogP contribution in [0.25, 0.3) is 0 Å². The summed E-state index contributed by atoms with van der Waals surface area (Å²) in [6, 6.07) is -0.729. The lowest BCUT2D eigenvalue weighted by Gasteiger charge is -2.38. The molecule has 3 N–H and O–H groups in total. The van der Waals surface area contributed by atoms with E-state index in [9.17, 15) is 9.59 Å². The molecule has 0 aromatic rings. The summed E-state index contributed by atoms with van der Waals surface area (Å²) in [5.74, 6) is -0.189. The van der Waals surface area contributed by atoms with Crippen LogP contribution in [0.1, 0.15) is 13.8 Å². The number of rotatable bonds is 1. The van der Waals surface area contributed by atoms with Crippen LogP contribution in [0.4, 0.5) is 0 Å². The first-order chi connectivity index (χ1) is 7.97. The van der Waals surface area contributed by atoms with Gasteiger partial charge < -0.3 is 20.7 Å². The van der Waals surface area contributed by atoms with Crippen molar-refractivity contribution in [2.45, 2.75) is 25.9 Å². The summed E-state index contributed by atoms with van der Waals surface area (Å²) in [5.41, 5.74) is 5.23. The SMILES string of the molecule is CC1C(=O)NCCN1C(=O)C1(C)COCC1N. The number of carbonyl (C=O) groups excluding carboxylic acids is 2. The number of carbonyl (C=O) groups is 2. The number of ether oxygens (including phenoxy) is 1. The fraction of sp³-hybridized carbons (Fsp3) is 0.818. The van der Waals surface area contributed by atoms with Gasteiger partial charge in [-0.25, -0.2) is 0 Å². The van der Waals surface area contributed by atoms with Crippen LogP contribution in [0.5, 0.6) is 0 Å². The molecule has 0 aliphatic carbocycles. The number of amides is 2. The molecule has 2 fully saturated rings. The minimum absolute atomic E-state index is 0.0788. The van der Waals surface area contributed by atoms with Gasteiger partial charge in [-0.3, -0.25) is 9.59 Å². The van der Waals surface area contributed by atoms with Crippen LogP contribution in [0, 0.1) is 5.41 Å². The number of nitrogens with one attached hydrogen (secondary N) is 1. The fourth-order valence-corrected chi connectivity index (χ4v) is 2.30. The van der Waals surface area contributed by atoms with Crippen molar-refractivity contribution in [1.82, 2.24) is 10.2 Å². The zero-order valence-corrected chi connectivity index (χ0v) is 10.2. The van der Waals surface area contributed by atoms with E-state index >= 15 is 0 Å². The molecule has 2 heterocycles. The molecule has 2 aliphatic rings. The molecular weight excluding hydrogens is 222 g/mol. The quantitative estimate of drug-likeness (QED) is 0.597. The third kappa shape index (κ3) is 1.91. The standard InChI is InChI=1S/C11H19N3O3/c1-7-9(15)13-3-4-14(7)10(16)11(2)6-17-5-8(11)12/h7-8H,3-6,12H2,1-2H3,(H,13,15). The van der Waals surface area contributed by atoms with E-state index in [1.54, 1.807) is 11.8 Å². The summed E-state index contributed by atoms with van der Waals surface area (Å²) in [4.78, 5) is 25.6. The lowest BCUT2D eigenvalue weighted by Crippen LogP contribution is -2.61. The molecule has 0 spiro atoms. The highest BCUT2D eigenvalue weighted by Crippen LogP contribution is 2.30. The number of piperazine rings is 1. The van der Waals surface area contributed by atoms with Crippen molar-refractivity contribution in [3.8, 4) is 0 Å². The second-order valence-electron chi connectivity index (χ2n) is 5.00. The van der Waals surface area contributed by atoms with Crippen LogP contribution in [-0.4, -0.2) is 55.1 Å². The van der Waals surface area contributed by atoms with Gasteiger partial charge in [-0.05, 0) is 13.8 Å². The van der Waals surface area contributed by atoms with E-state index in [1.165, 1.54) is 0 Å². The summed E-state index contributed by atoms with van der Waals surface area (Å²) in [6.07, 6.45) is 0. The highest BCUT2D eigenvalue weighted by molar-refractivity contribution is 5.91. The first-order valence-corrected chi connectivity index (χ1v) is 5.89. The average Bonchev–Trinajstić information content (AvgIpc) is 2.64. The molecule has 2 amide bonds. The molecule has 2 rings (SSSR count). The van der Waals surface area contributed by atoms with Crippen molar-refractivity contribution >= 4 is 11.8 Å². The molecule has 0 saturated carbocycles. The predicted octanol–water partition coefficient (Wildman–Crippen LogP) is -1.30. The molecule has 0 bridgehead atoms. The largest absolute Gasteiger partial charge is 0.379 e. The summed E-state index contributed by atoms with van der Waals surface area (Å²) in [5, 5.41) is 2.74. The number of nitrogens with zero attached hydrogens (tertiary/aromatic N) is 1. The van der Waals surface area contributed by atoms with E-state index in [0.29, 0.717) is 26.3 Å². The van der Waals surface area contributed by atoms with Crippen molar-refractivity contribution < 1.29 is 14.3 Å². The van der Waals surface area contributed by atoms with Crippen molar-refractivity contribution in [2.75, 3.05) is 26.3 Å². The summed E-state index contributed by atoms with van der Waals surface area (Å²) < 4.78 is 5.27. The third-order valence-electron chi connectivity index (χ3n) is 3.77. The van der Waals surface area contributed by atoms with Crippen LogP contribution >= 0.6 is 0 Å². The molecule has 0 aromatic heterocycles. The van der Waals surface area contributed by atoms with Gasteiger partial charge in [0, 0.05) is 19.1 Å². The average molecular weight is 241 g/mol. The predicted molar refractivity (Wildman–Crippen MR) is 61.1 cm³/mol. The second-order valence-corrected chi connectivity index (χ2v) is 5.00. The van der Waals surface area contributed by atoms with E-state index in [4.69, 9.17) is 10.5 Å². The minimum atomic E-state index is -0.702. The van der Waals surface area contributed by atoms with Gasteiger partial charge in [-0.1, -0.05) is 0 Å². The Labute approximate surface area is 100 Å². The molecular formula is C11H19N3O3. The maximum Gasteiger partial charge on any atom is 0.242 e. The van der Waals surface area contributed by atoms with Gasteiger partial charge in [0.15, 0.2) is 0 Å². The van der Waals surface area contributed by atoms with E-state index in [0.717, 1.165) is 0 Å². The number of hydrogen-bond donors (Lipinski definition) is 2. The van der Waals surface area contributed by atoms with Gasteiger partial charge in [0.1, 0.15) is 6.04 Å². The number of hydrogen-bond acceptors (Lipinski definition) is 4. The van der Waals surface area contributed by atoms with Crippen molar-refractivity contribution in [2.24, 2.45) is 11.1 Å². The van der Waals surface area contributed by atoms with Crippen LogP contribution in [0.2, 0.25) is 0 Å². The lowest BCUT2D eigenvalue weighted by molar-refractivity contribution is -0.150. The molecule has 0 aromatic carbocycles. The Morgan fingerprint density at radius 3 is 2.94 bits per heavy atom. The van der Waals surface area contributed by atoms with Gasteiger partial charge in [0.2, 0.25) is 11.8 Å². The van der Waals surface area contributed by atoms with Crippen LogP contribution in [0.3, 0.4) is 0 Å². The van der Waals surface area contributed by atoms with Gasteiger partial charge >= 0.3 is 0 Å². The molecule has 3 atom stereocenters. The van der Waals surface area contributed by atoms with Gasteiger partial charge in [-0.15, -0.1) is 0 Å². The van der Waals surface area contributed by atoms with E-state index in [-0.39, 0.29) is 17.9 Å². The lowest BCUT2D eigenvalue weighted by atomic mass is 9.83. The Bertz CT molecular complexity index is 347. The Balaban J connectivity index is 2.16. The molecule has 2 aliphatic heterocycles. The van der Waals surface area contributed by atoms with Crippen LogP contribution < -0.4 is 11.1 Å². The third-order valence-corrected chi connectivity index (χ3v) is 3.77. The maximum atomic E-state index is 12.5. The topological polar surface area (TPSA) is 84.7 Å². The Hall–Kier alpha value is -1.14. The Kier molecular flexibility index (Phi) is 3.09. The summed E-state index contributed by atoms with van der Waals surface area (Å²) in [7, 11) is 0. The monoisotopic (exact) mass is 241 g/mol. The normalized spacial score (nSPS) is 38.1. The Morgan fingerprint density at radius 1 is 1.65 bits per heavy atom. The van der Waals surface area contributed by atoms with Crippen LogP contribution in [0.15, 0.2) is 0 Å². The zero-order valence-electron chi connectivity index (χ0n) is 10.2. The van der Waals surface area contributed by atoms with Gasteiger partial charge in [0.25, 0.3) is 0 Å². The van der Waals surface area contributed by atoms with Gasteiger partial charge in [0.05, 0.1) is 18.6 Å². The smallest absolute Gasteiger partial charge is 0.242 e. The Morgan fingerprint density at radius 2 is 2.35 bits per heavy atom. The van der Waals surface area contributed by atoms with E-state index < -0.39 is 11.5 Å². The maximum absolute atomic E-state index is 12.5. The summed E-state index contributed by atoms with van der Waals surface area (Å²) >= 11 is 0. The van der Waals surface area contributed by atoms with Gasteiger partial charge in [-0.2, -0.15) is 0 Å². The van der Waals surface area contributed by atoms with Crippen molar-refractivity contribution in [3.05, 3.63) is 0 Å². The summed E-state index contributed by atoms with van der Waals surface area (Å²) in [6.45, 7) is 5.31. The minimum Gasteiger partial charge on any atom is -0.379 e. The highest BCUT2D eigenvalue weighted by atomic mass is 16.5. The second kappa shape index (κ2) is 4.27. The van der Waals surface area contributed by atoms with Crippen molar-refractivity contribution in [3.63, 3.8) is 0 Å². The molecule has 6 heteroatoms. The molecule has 96 valence electrons.